The van der Waals surface area contributed by atoms with Crippen molar-refractivity contribution in [1.82, 2.24) is 14.5 Å². The Labute approximate surface area is 157 Å². The summed E-state index contributed by atoms with van der Waals surface area (Å²) in [5.74, 6) is 0.328. The van der Waals surface area contributed by atoms with Crippen molar-refractivity contribution in [2.75, 3.05) is 40.3 Å². The van der Waals surface area contributed by atoms with Crippen LogP contribution in [0.2, 0.25) is 0 Å². The van der Waals surface area contributed by atoms with E-state index >= 15 is 0 Å². The molecule has 1 aromatic carbocycles. The molecule has 0 bridgehead atoms. The third-order valence-electron chi connectivity index (χ3n) is 4.38. The van der Waals surface area contributed by atoms with E-state index in [1.807, 2.05) is 0 Å². The second-order valence-electron chi connectivity index (χ2n) is 6.38. The molecule has 2 rings (SSSR count). The van der Waals surface area contributed by atoms with Crippen molar-refractivity contribution in [3.8, 4) is 0 Å². The van der Waals surface area contributed by atoms with Crippen molar-refractivity contribution in [2.45, 2.75) is 24.7 Å². The fourth-order valence-corrected chi connectivity index (χ4v) is 4.42. The summed E-state index contributed by atoms with van der Waals surface area (Å²) in [6, 6.07) is 6.31. The molecule has 8 heteroatoms. The molecule has 0 unspecified atom stereocenters. The van der Waals surface area contributed by atoms with E-state index in [1.54, 1.807) is 32.3 Å². The van der Waals surface area contributed by atoms with Gasteiger partial charge in [-0.2, -0.15) is 4.31 Å². The molecule has 0 aromatic heterocycles. The van der Waals surface area contributed by atoms with E-state index < -0.39 is 10.0 Å². The quantitative estimate of drug-likeness (QED) is 0.805. The van der Waals surface area contributed by atoms with Gasteiger partial charge in [-0.25, -0.2) is 8.42 Å². The lowest BCUT2D eigenvalue weighted by Crippen LogP contribution is -2.40. The standard InChI is InChI=1S/C17H27N3O3S.ClH/c1-4-18-13-14-8-10-20(11-9-14)24(22,23)16-7-5-6-15(12-16)17(21)19(2)3;/h5-7,12,14,18H,4,8-11,13H2,1-3H3;1H. The van der Waals surface area contributed by atoms with E-state index in [0.29, 0.717) is 24.6 Å². The first-order chi connectivity index (χ1) is 11.4. The molecule has 1 aliphatic rings. The molecule has 1 heterocycles. The number of carbonyl (C=O) groups is 1. The number of benzene rings is 1. The van der Waals surface area contributed by atoms with E-state index in [2.05, 4.69) is 12.2 Å². The topological polar surface area (TPSA) is 69.7 Å². The predicted molar refractivity (Wildman–Crippen MR) is 102 cm³/mol. The lowest BCUT2D eigenvalue weighted by molar-refractivity contribution is 0.0827. The first kappa shape index (κ1) is 21.9. The molecule has 1 N–H and O–H groups in total. The van der Waals surface area contributed by atoms with E-state index in [1.165, 1.54) is 15.3 Å². The fraction of sp³-hybridized carbons (Fsp3) is 0.588. The van der Waals surface area contributed by atoms with Crippen LogP contribution in [-0.2, 0) is 10.0 Å². The second-order valence-corrected chi connectivity index (χ2v) is 8.32. The largest absolute Gasteiger partial charge is 0.345 e. The zero-order valence-electron chi connectivity index (χ0n) is 15.1. The van der Waals surface area contributed by atoms with Gasteiger partial charge in [0.15, 0.2) is 0 Å². The van der Waals surface area contributed by atoms with Crippen molar-refractivity contribution in [1.29, 1.82) is 0 Å². The van der Waals surface area contributed by atoms with Crippen LogP contribution in [0.15, 0.2) is 29.2 Å². The molecule has 6 nitrogen and oxygen atoms in total. The highest BCUT2D eigenvalue weighted by atomic mass is 35.5. The maximum atomic E-state index is 12.8. The molecule has 1 fully saturated rings. The molecule has 1 amide bonds. The third kappa shape index (κ3) is 5.41. The Morgan fingerprint density at radius 3 is 2.48 bits per heavy atom. The number of nitrogens with zero attached hydrogens (tertiary/aromatic N) is 2. The molecule has 142 valence electrons. The molecule has 25 heavy (non-hydrogen) atoms. The van der Waals surface area contributed by atoms with Gasteiger partial charge in [0, 0.05) is 32.7 Å². The van der Waals surface area contributed by atoms with Crippen LogP contribution in [0, 0.1) is 5.92 Å². The molecule has 0 aliphatic carbocycles. The number of halogens is 1. The summed E-state index contributed by atoms with van der Waals surface area (Å²) in [7, 11) is -0.243. The van der Waals surface area contributed by atoms with Crippen LogP contribution in [0.3, 0.4) is 0 Å². The summed E-state index contributed by atoms with van der Waals surface area (Å²) in [5.41, 5.74) is 0.392. The summed E-state index contributed by atoms with van der Waals surface area (Å²) in [6.07, 6.45) is 1.73. The highest BCUT2D eigenvalue weighted by Gasteiger charge is 2.29. The minimum Gasteiger partial charge on any atom is -0.345 e. The van der Waals surface area contributed by atoms with Gasteiger partial charge in [0.05, 0.1) is 4.90 Å². The Kier molecular flexibility index (Phi) is 8.34. The van der Waals surface area contributed by atoms with Crippen LogP contribution < -0.4 is 5.32 Å². The fourth-order valence-electron chi connectivity index (χ4n) is 2.90. The Balaban J connectivity index is 0.00000312. The highest BCUT2D eigenvalue weighted by molar-refractivity contribution is 7.89. The lowest BCUT2D eigenvalue weighted by atomic mass is 9.98. The molecular formula is C17H28ClN3O3S. The second kappa shape index (κ2) is 9.52. The number of hydrogen-bond donors (Lipinski definition) is 1. The van der Waals surface area contributed by atoms with Crippen LogP contribution in [0.1, 0.15) is 30.1 Å². The Bertz CT molecular complexity index is 671. The van der Waals surface area contributed by atoms with Crippen molar-refractivity contribution in [3.05, 3.63) is 29.8 Å². The van der Waals surface area contributed by atoms with Crippen LogP contribution in [0.5, 0.6) is 0 Å². The van der Waals surface area contributed by atoms with Crippen LogP contribution in [0.25, 0.3) is 0 Å². The average molecular weight is 390 g/mol. The summed E-state index contributed by atoms with van der Waals surface area (Å²) in [5, 5.41) is 3.32. The Hall–Kier alpha value is -1.15. The van der Waals surface area contributed by atoms with Crippen molar-refractivity contribution < 1.29 is 13.2 Å². The molecule has 0 radical (unpaired) electrons. The number of nitrogens with one attached hydrogen (secondary N) is 1. The number of amides is 1. The molecule has 0 saturated carbocycles. The van der Waals surface area contributed by atoms with Gasteiger partial charge in [-0.05, 0) is 50.0 Å². The number of rotatable bonds is 6. The smallest absolute Gasteiger partial charge is 0.253 e. The summed E-state index contributed by atoms with van der Waals surface area (Å²) < 4.78 is 27.2. The van der Waals surface area contributed by atoms with E-state index in [9.17, 15) is 13.2 Å². The first-order valence-electron chi connectivity index (χ1n) is 8.38. The van der Waals surface area contributed by atoms with Gasteiger partial charge in [0.1, 0.15) is 0 Å². The normalized spacial score (nSPS) is 16.3. The predicted octanol–water partition coefficient (Wildman–Crippen LogP) is 1.82. The molecular weight excluding hydrogens is 362 g/mol. The lowest BCUT2D eigenvalue weighted by Gasteiger charge is -2.31. The minimum absolute atomic E-state index is 0. The van der Waals surface area contributed by atoms with Gasteiger partial charge in [0.2, 0.25) is 10.0 Å². The molecule has 0 atom stereocenters. The van der Waals surface area contributed by atoms with Gasteiger partial charge in [0.25, 0.3) is 5.91 Å². The van der Waals surface area contributed by atoms with Gasteiger partial charge >= 0.3 is 0 Å². The van der Waals surface area contributed by atoms with Crippen molar-refractivity contribution >= 4 is 28.3 Å². The van der Waals surface area contributed by atoms with Gasteiger partial charge in [-0.15, -0.1) is 12.4 Å². The zero-order chi connectivity index (χ0) is 17.7. The third-order valence-corrected chi connectivity index (χ3v) is 6.28. The number of hydrogen-bond acceptors (Lipinski definition) is 4. The summed E-state index contributed by atoms with van der Waals surface area (Å²) in [4.78, 5) is 13.7. The maximum absolute atomic E-state index is 12.8. The van der Waals surface area contributed by atoms with Crippen molar-refractivity contribution in [3.63, 3.8) is 0 Å². The van der Waals surface area contributed by atoms with Gasteiger partial charge in [-0.1, -0.05) is 13.0 Å². The van der Waals surface area contributed by atoms with Gasteiger partial charge in [-0.3, -0.25) is 4.79 Å². The number of piperidine rings is 1. The SMILES string of the molecule is CCNCC1CCN(S(=O)(=O)c2cccc(C(=O)N(C)C)c2)CC1.Cl. The van der Waals surface area contributed by atoms with Crippen LogP contribution in [-0.4, -0.2) is 63.8 Å². The highest BCUT2D eigenvalue weighted by Crippen LogP contribution is 2.24. The van der Waals surface area contributed by atoms with E-state index in [-0.39, 0.29) is 23.2 Å². The monoisotopic (exact) mass is 389 g/mol. The average Bonchev–Trinajstić information content (AvgIpc) is 2.59. The maximum Gasteiger partial charge on any atom is 0.253 e. The molecule has 1 aliphatic heterocycles. The van der Waals surface area contributed by atoms with Gasteiger partial charge < -0.3 is 10.2 Å². The number of sulfonamides is 1. The zero-order valence-corrected chi connectivity index (χ0v) is 16.7. The first-order valence-corrected chi connectivity index (χ1v) is 9.83. The Morgan fingerprint density at radius 2 is 1.92 bits per heavy atom. The Morgan fingerprint density at radius 1 is 1.28 bits per heavy atom. The van der Waals surface area contributed by atoms with Crippen molar-refractivity contribution in [2.24, 2.45) is 5.92 Å². The van der Waals surface area contributed by atoms with E-state index in [0.717, 1.165) is 25.9 Å². The van der Waals surface area contributed by atoms with E-state index in [4.69, 9.17) is 0 Å². The van der Waals surface area contributed by atoms with Crippen LogP contribution >= 0.6 is 12.4 Å². The molecule has 0 spiro atoms. The minimum atomic E-state index is -3.55. The van der Waals surface area contributed by atoms with Crippen LogP contribution in [0.4, 0.5) is 0 Å². The summed E-state index contributed by atoms with van der Waals surface area (Å²) >= 11 is 0. The number of carbonyl (C=O) groups excluding carboxylic acids is 1. The summed E-state index contributed by atoms with van der Waals surface area (Å²) in [6.45, 7) is 5.01. The molecule has 1 saturated heterocycles. The molecule has 1 aromatic rings.